The van der Waals surface area contributed by atoms with Crippen molar-refractivity contribution in [2.75, 3.05) is 79.9 Å². The van der Waals surface area contributed by atoms with Crippen LogP contribution in [0.1, 0.15) is 6.42 Å². The molecule has 0 aromatic carbocycles. The largest absolute Gasteiger partial charge is 0.382 e. The molecule has 1 N–H and O–H groups in total. The number of morpholine rings is 1. The summed E-state index contributed by atoms with van der Waals surface area (Å²) in [6, 6.07) is 0.625. The van der Waals surface area contributed by atoms with Gasteiger partial charge in [0.05, 0.1) is 33.0 Å². The molecule has 1 unspecified atom stereocenters. The molecule has 128 valence electrons. The zero-order valence-electron chi connectivity index (χ0n) is 13.9. The van der Waals surface area contributed by atoms with Crippen molar-refractivity contribution in [3.63, 3.8) is 0 Å². The minimum absolute atomic E-state index is 0.625. The number of nitrogens with one attached hydrogen (secondary N) is 1. The highest BCUT2D eigenvalue weighted by molar-refractivity contribution is 5.80. The predicted molar refractivity (Wildman–Crippen MR) is 86.4 cm³/mol. The molecule has 0 aromatic heterocycles. The number of aliphatic imine (C=N–C) groups is 1. The third-order valence-electron chi connectivity index (χ3n) is 4.20. The summed E-state index contributed by atoms with van der Waals surface area (Å²) in [4.78, 5) is 9.28. The molecule has 0 amide bonds. The number of likely N-dealkylation sites (tertiary alicyclic amines) is 1. The van der Waals surface area contributed by atoms with Gasteiger partial charge >= 0.3 is 0 Å². The lowest BCUT2D eigenvalue weighted by Gasteiger charge is -2.32. The molecule has 0 spiro atoms. The molecular formula is C15H30N4O3. The molecule has 0 aromatic rings. The van der Waals surface area contributed by atoms with Gasteiger partial charge in [0.1, 0.15) is 0 Å². The first-order valence-electron chi connectivity index (χ1n) is 8.19. The molecule has 1 atom stereocenters. The van der Waals surface area contributed by atoms with Gasteiger partial charge in [-0.2, -0.15) is 0 Å². The normalized spacial score (nSPS) is 24.0. The smallest absolute Gasteiger partial charge is 0.193 e. The molecule has 2 heterocycles. The molecule has 2 aliphatic heterocycles. The maximum absolute atomic E-state index is 5.46. The fourth-order valence-electron chi connectivity index (χ4n) is 2.99. The molecule has 22 heavy (non-hydrogen) atoms. The number of nitrogens with zero attached hydrogens (tertiary/aromatic N) is 3. The minimum Gasteiger partial charge on any atom is -0.382 e. The van der Waals surface area contributed by atoms with E-state index in [1.165, 1.54) is 6.42 Å². The van der Waals surface area contributed by atoms with E-state index in [0.717, 1.165) is 51.9 Å². The van der Waals surface area contributed by atoms with Crippen molar-refractivity contribution in [2.24, 2.45) is 4.99 Å². The van der Waals surface area contributed by atoms with Crippen molar-refractivity contribution in [1.29, 1.82) is 0 Å². The number of hydrogen-bond donors (Lipinski definition) is 1. The molecule has 0 bridgehead atoms. The first-order valence-corrected chi connectivity index (χ1v) is 8.19. The number of rotatable bonds is 7. The van der Waals surface area contributed by atoms with Crippen LogP contribution in [0.15, 0.2) is 4.99 Å². The van der Waals surface area contributed by atoms with Crippen LogP contribution in [-0.4, -0.2) is 102 Å². The van der Waals surface area contributed by atoms with Crippen molar-refractivity contribution in [1.82, 2.24) is 15.1 Å². The Morgan fingerprint density at radius 1 is 1.23 bits per heavy atom. The van der Waals surface area contributed by atoms with Gasteiger partial charge in [0.2, 0.25) is 0 Å². The van der Waals surface area contributed by atoms with Gasteiger partial charge in [-0.3, -0.25) is 9.89 Å². The Morgan fingerprint density at radius 2 is 2.05 bits per heavy atom. The first-order chi connectivity index (χ1) is 10.8. The van der Waals surface area contributed by atoms with Crippen LogP contribution in [0.3, 0.4) is 0 Å². The average Bonchev–Trinajstić information content (AvgIpc) is 3.05. The van der Waals surface area contributed by atoms with Crippen LogP contribution in [-0.2, 0) is 14.2 Å². The Morgan fingerprint density at radius 3 is 2.77 bits per heavy atom. The van der Waals surface area contributed by atoms with E-state index in [1.54, 1.807) is 7.11 Å². The van der Waals surface area contributed by atoms with Crippen molar-refractivity contribution >= 4 is 5.96 Å². The fourth-order valence-corrected chi connectivity index (χ4v) is 2.99. The molecule has 0 saturated carbocycles. The average molecular weight is 314 g/mol. The summed E-state index contributed by atoms with van der Waals surface area (Å²) in [5.74, 6) is 0.978. The summed E-state index contributed by atoms with van der Waals surface area (Å²) in [7, 11) is 3.53. The van der Waals surface area contributed by atoms with Gasteiger partial charge in [-0.05, 0) is 6.42 Å². The molecule has 7 heteroatoms. The molecular weight excluding hydrogens is 284 g/mol. The van der Waals surface area contributed by atoms with Crippen molar-refractivity contribution in [2.45, 2.75) is 12.5 Å². The van der Waals surface area contributed by atoms with E-state index in [2.05, 4.69) is 20.1 Å². The monoisotopic (exact) mass is 314 g/mol. The number of ether oxygens (including phenoxy) is 3. The van der Waals surface area contributed by atoms with Gasteiger partial charge in [0.15, 0.2) is 5.96 Å². The highest BCUT2D eigenvalue weighted by atomic mass is 16.5. The predicted octanol–water partition coefficient (Wildman–Crippen LogP) is -0.369. The van der Waals surface area contributed by atoms with Crippen LogP contribution >= 0.6 is 0 Å². The number of guanidine groups is 1. The van der Waals surface area contributed by atoms with E-state index in [-0.39, 0.29) is 0 Å². The Hall–Kier alpha value is -0.890. The number of methoxy groups -OCH3 is 1. The van der Waals surface area contributed by atoms with Crippen molar-refractivity contribution in [3.8, 4) is 0 Å². The Labute approximate surface area is 133 Å². The highest BCUT2D eigenvalue weighted by Crippen LogP contribution is 2.16. The molecule has 0 aliphatic carbocycles. The first kappa shape index (κ1) is 17.5. The summed E-state index contributed by atoms with van der Waals surface area (Å²) in [5.41, 5.74) is 0. The Bertz CT molecular complexity index is 335. The topological polar surface area (TPSA) is 58.6 Å². The standard InChI is InChI=1S/C15H30N4O3/c1-16-15(17-4-8-21-12-11-20-2)19-5-3-14(13-19)18-6-9-22-10-7-18/h14H,3-13H2,1-2H3,(H,16,17). The summed E-state index contributed by atoms with van der Waals surface area (Å²) in [6.45, 7) is 8.66. The maximum atomic E-state index is 5.46. The Balaban J connectivity index is 1.66. The summed E-state index contributed by atoms with van der Waals surface area (Å²) < 4.78 is 15.8. The van der Waals surface area contributed by atoms with Gasteiger partial charge in [-0.25, -0.2) is 0 Å². The summed E-state index contributed by atoms with van der Waals surface area (Å²) >= 11 is 0. The lowest BCUT2D eigenvalue weighted by molar-refractivity contribution is 0.0194. The molecule has 7 nitrogen and oxygen atoms in total. The fraction of sp³-hybridized carbons (Fsp3) is 0.933. The summed E-state index contributed by atoms with van der Waals surface area (Å²) in [6.07, 6.45) is 1.20. The van der Waals surface area contributed by atoms with Crippen LogP contribution in [0.25, 0.3) is 0 Å². The van der Waals surface area contributed by atoms with Gasteiger partial charge in [-0.1, -0.05) is 0 Å². The van der Waals surface area contributed by atoms with E-state index in [4.69, 9.17) is 14.2 Å². The molecule has 2 rings (SSSR count). The van der Waals surface area contributed by atoms with Gasteiger partial charge in [0, 0.05) is 52.9 Å². The van der Waals surface area contributed by atoms with E-state index in [0.29, 0.717) is 25.9 Å². The van der Waals surface area contributed by atoms with E-state index >= 15 is 0 Å². The SMILES string of the molecule is CN=C(NCCOCCOC)N1CCC(N2CCOCC2)C1. The van der Waals surface area contributed by atoms with Crippen LogP contribution in [0.2, 0.25) is 0 Å². The zero-order valence-corrected chi connectivity index (χ0v) is 13.9. The molecule has 2 saturated heterocycles. The van der Waals surface area contributed by atoms with Crippen LogP contribution in [0, 0.1) is 0 Å². The lowest BCUT2D eigenvalue weighted by atomic mass is 10.2. The second-order valence-electron chi connectivity index (χ2n) is 5.62. The van der Waals surface area contributed by atoms with E-state index in [9.17, 15) is 0 Å². The second-order valence-corrected chi connectivity index (χ2v) is 5.62. The highest BCUT2D eigenvalue weighted by Gasteiger charge is 2.30. The van der Waals surface area contributed by atoms with Crippen molar-refractivity contribution < 1.29 is 14.2 Å². The minimum atomic E-state index is 0.625. The summed E-state index contributed by atoms with van der Waals surface area (Å²) in [5, 5.41) is 3.38. The zero-order chi connectivity index (χ0) is 15.6. The Kier molecular flexibility index (Phi) is 7.93. The second kappa shape index (κ2) is 9.99. The van der Waals surface area contributed by atoms with Crippen LogP contribution in [0.4, 0.5) is 0 Å². The van der Waals surface area contributed by atoms with Gasteiger partial charge in [-0.15, -0.1) is 0 Å². The van der Waals surface area contributed by atoms with Crippen molar-refractivity contribution in [3.05, 3.63) is 0 Å². The third kappa shape index (κ3) is 5.39. The lowest BCUT2D eigenvalue weighted by Crippen LogP contribution is -2.47. The molecule has 2 fully saturated rings. The quantitative estimate of drug-likeness (QED) is 0.393. The third-order valence-corrected chi connectivity index (χ3v) is 4.20. The maximum Gasteiger partial charge on any atom is 0.193 e. The van der Waals surface area contributed by atoms with E-state index < -0.39 is 0 Å². The van der Waals surface area contributed by atoms with Crippen LogP contribution in [0.5, 0.6) is 0 Å². The van der Waals surface area contributed by atoms with Crippen LogP contribution < -0.4 is 5.32 Å². The van der Waals surface area contributed by atoms with Gasteiger partial charge < -0.3 is 24.4 Å². The van der Waals surface area contributed by atoms with Gasteiger partial charge in [0.25, 0.3) is 0 Å². The molecule has 0 radical (unpaired) electrons. The van der Waals surface area contributed by atoms with E-state index in [1.807, 2.05) is 7.05 Å². The number of hydrogen-bond acceptors (Lipinski definition) is 5. The molecule has 2 aliphatic rings.